The molecular weight excluding hydrogens is 483 g/mol. The Morgan fingerprint density at radius 1 is 1.09 bits per heavy atom. The van der Waals surface area contributed by atoms with Crippen molar-refractivity contribution in [2.24, 2.45) is 5.10 Å². The van der Waals surface area contributed by atoms with E-state index in [2.05, 4.69) is 10.5 Å². The lowest BCUT2D eigenvalue weighted by Crippen LogP contribution is -2.39. The van der Waals surface area contributed by atoms with Crippen LogP contribution in [0.25, 0.3) is 5.69 Å². The molecule has 3 aromatic rings. The Morgan fingerprint density at radius 3 is 2.42 bits per heavy atom. The number of halogens is 2. The van der Waals surface area contributed by atoms with Crippen LogP contribution in [-0.4, -0.2) is 37.9 Å². The second kappa shape index (κ2) is 9.99. The Labute approximate surface area is 203 Å². The van der Waals surface area contributed by atoms with Crippen molar-refractivity contribution in [1.82, 2.24) is 9.99 Å². The number of nitrogens with zero attached hydrogens (tertiary/aromatic N) is 3. The molecule has 1 heterocycles. The zero-order valence-electron chi connectivity index (χ0n) is 18.6. The van der Waals surface area contributed by atoms with E-state index in [1.165, 1.54) is 6.21 Å². The first-order chi connectivity index (χ1) is 15.5. The van der Waals surface area contributed by atoms with Gasteiger partial charge in [-0.05, 0) is 56.7 Å². The predicted octanol–water partition coefficient (Wildman–Crippen LogP) is 4.63. The first kappa shape index (κ1) is 24.8. The Hall–Kier alpha value is -2.81. The van der Waals surface area contributed by atoms with Gasteiger partial charge >= 0.3 is 0 Å². The van der Waals surface area contributed by atoms with Gasteiger partial charge in [0.2, 0.25) is 10.0 Å². The fourth-order valence-electron chi connectivity index (χ4n) is 3.51. The molecule has 1 aromatic heterocycles. The van der Waals surface area contributed by atoms with Gasteiger partial charge in [0.25, 0.3) is 5.91 Å². The molecule has 0 aliphatic heterocycles. The van der Waals surface area contributed by atoms with Crippen LogP contribution >= 0.6 is 23.2 Å². The summed E-state index contributed by atoms with van der Waals surface area (Å²) < 4.78 is 27.6. The molecule has 174 valence electrons. The van der Waals surface area contributed by atoms with Crippen LogP contribution < -0.4 is 9.73 Å². The monoisotopic (exact) mass is 506 g/mol. The number of nitrogens with one attached hydrogen (secondary N) is 1. The highest BCUT2D eigenvalue weighted by atomic mass is 35.5. The lowest BCUT2D eigenvalue weighted by Gasteiger charge is -2.23. The van der Waals surface area contributed by atoms with Gasteiger partial charge in [-0.25, -0.2) is 13.8 Å². The van der Waals surface area contributed by atoms with Gasteiger partial charge < -0.3 is 4.57 Å². The van der Waals surface area contributed by atoms with E-state index in [9.17, 15) is 13.2 Å². The third kappa shape index (κ3) is 5.58. The molecule has 10 heteroatoms. The Balaban J connectivity index is 1.78. The van der Waals surface area contributed by atoms with E-state index in [1.54, 1.807) is 25.1 Å². The molecule has 2 aromatic carbocycles. The zero-order valence-corrected chi connectivity index (χ0v) is 21.0. The van der Waals surface area contributed by atoms with Crippen LogP contribution in [0, 0.1) is 20.8 Å². The van der Waals surface area contributed by atoms with Crippen molar-refractivity contribution in [1.29, 1.82) is 0 Å². The standard InChI is InChI=1S/C23H24Cl2N4O3S/c1-15-12-18(17(3)29(15)22-10-6-5-8-20(22)25)13-26-27-23(30)14-28(33(4,31)32)21-11-7-9-19(24)16(21)2/h5-13H,14H2,1-4H3,(H,27,30)/b26-13-. The summed E-state index contributed by atoms with van der Waals surface area (Å²) in [6.45, 7) is 5.13. The van der Waals surface area contributed by atoms with E-state index in [1.807, 2.05) is 48.7 Å². The molecule has 33 heavy (non-hydrogen) atoms. The van der Waals surface area contributed by atoms with Gasteiger partial charge in [-0.3, -0.25) is 9.10 Å². The number of aryl methyl sites for hydroxylation is 1. The molecule has 0 bridgehead atoms. The minimum atomic E-state index is -3.73. The predicted molar refractivity (Wildman–Crippen MR) is 134 cm³/mol. The molecule has 0 spiro atoms. The second-order valence-electron chi connectivity index (χ2n) is 7.56. The molecule has 0 atom stereocenters. The smallest absolute Gasteiger partial charge is 0.260 e. The molecule has 0 aliphatic carbocycles. The lowest BCUT2D eigenvalue weighted by molar-refractivity contribution is -0.119. The van der Waals surface area contributed by atoms with Crippen molar-refractivity contribution in [2.75, 3.05) is 17.1 Å². The van der Waals surface area contributed by atoms with Crippen LogP contribution in [-0.2, 0) is 14.8 Å². The maximum absolute atomic E-state index is 12.5. The second-order valence-corrected chi connectivity index (χ2v) is 10.3. The van der Waals surface area contributed by atoms with Crippen LogP contribution in [0.5, 0.6) is 0 Å². The zero-order chi connectivity index (χ0) is 24.3. The Bertz CT molecular complexity index is 1330. The highest BCUT2D eigenvalue weighted by Crippen LogP contribution is 2.28. The van der Waals surface area contributed by atoms with Crippen LogP contribution in [0.3, 0.4) is 0 Å². The van der Waals surface area contributed by atoms with Crippen LogP contribution in [0.1, 0.15) is 22.5 Å². The number of hydrogen-bond acceptors (Lipinski definition) is 4. The number of amides is 1. The number of anilines is 1. The van der Waals surface area contributed by atoms with Gasteiger partial charge in [0.1, 0.15) is 6.54 Å². The number of aromatic nitrogens is 1. The number of para-hydroxylation sites is 1. The van der Waals surface area contributed by atoms with Gasteiger partial charge in [-0.1, -0.05) is 41.4 Å². The molecule has 0 fully saturated rings. The highest BCUT2D eigenvalue weighted by molar-refractivity contribution is 7.92. The Kier molecular flexibility index (Phi) is 7.51. The van der Waals surface area contributed by atoms with E-state index < -0.39 is 22.5 Å². The molecule has 0 saturated heterocycles. The summed E-state index contributed by atoms with van der Waals surface area (Å²) in [4.78, 5) is 12.5. The van der Waals surface area contributed by atoms with Crippen LogP contribution in [0.4, 0.5) is 5.69 Å². The third-order valence-electron chi connectivity index (χ3n) is 5.15. The van der Waals surface area contributed by atoms with Crippen LogP contribution in [0.2, 0.25) is 10.0 Å². The van der Waals surface area contributed by atoms with E-state index >= 15 is 0 Å². The average Bonchev–Trinajstić information content (AvgIpc) is 3.01. The topological polar surface area (TPSA) is 83.8 Å². The van der Waals surface area contributed by atoms with Crippen LogP contribution in [0.15, 0.2) is 53.6 Å². The number of carbonyl (C=O) groups is 1. The molecular formula is C23H24Cl2N4O3S. The van der Waals surface area contributed by atoms with Crippen molar-refractivity contribution in [3.8, 4) is 5.69 Å². The van der Waals surface area contributed by atoms with E-state index in [4.69, 9.17) is 23.2 Å². The van der Waals surface area contributed by atoms with Gasteiger partial charge in [0.15, 0.2) is 0 Å². The summed E-state index contributed by atoms with van der Waals surface area (Å²) in [6.07, 6.45) is 2.55. The molecule has 0 saturated carbocycles. The molecule has 7 nitrogen and oxygen atoms in total. The van der Waals surface area contributed by atoms with E-state index in [0.29, 0.717) is 21.3 Å². The summed E-state index contributed by atoms with van der Waals surface area (Å²) in [5.74, 6) is -0.587. The average molecular weight is 507 g/mol. The Morgan fingerprint density at radius 2 is 1.76 bits per heavy atom. The molecule has 0 radical (unpaired) electrons. The van der Waals surface area contributed by atoms with E-state index in [0.717, 1.165) is 33.2 Å². The molecule has 0 aliphatic rings. The van der Waals surface area contributed by atoms with Gasteiger partial charge in [0, 0.05) is 22.0 Å². The maximum Gasteiger partial charge on any atom is 0.260 e. The van der Waals surface area contributed by atoms with E-state index in [-0.39, 0.29) is 0 Å². The molecule has 1 N–H and O–H groups in total. The normalized spacial score (nSPS) is 11.7. The summed E-state index contributed by atoms with van der Waals surface area (Å²) in [6, 6.07) is 14.3. The number of rotatable bonds is 7. The first-order valence-corrected chi connectivity index (χ1v) is 12.6. The summed E-state index contributed by atoms with van der Waals surface area (Å²) in [7, 11) is -3.73. The summed E-state index contributed by atoms with van der Waals surface area (Å²) in [5.41, 5.74) is 6.79. The SMILES string of the molecule is Cc1c(Cl)cccc1N(CC(=O)N/N=C\c1cc(C)n(-c2ccccc2Cl)c1C)S(C)(=O)=O. The molecule has 1 amide bonds. The third-order valence-corrected chi connectivity index (χ3v) is 7.01. The summed E-state index contributed by atoms with van der Waals surface area (Å²) >= 11 is 12.5. The minimum Gasteiger partial charge on any atom is -0.316 e. The minimum absolute atomic E-state index is 0.340. The fourth-order valence-corrected chi connectivity index (χ4v) is 4.81. The highest BCUT2D eigenvalue weighted by Gasteiger charge is 2.23. The van der Waals surface area contributed by atoms with Gasteiger partial charge in [-0.2, -0.15) is 5.10 Å². The molecule has 3 rings (SSSR count). The van der Waals surface area contributed by atoms with Gasteiger partial charge in [-0.15, -0.1) is 0 Å². The first-order valence-electron chi connectivity index (χ1n) is 9.99. The fraction of sp³-hybridized carbons (Fsp3) is 0.217. The number of sulfonamides is 1. The summed E-state index contributed by atoms with van der Waals surface area (Å²) in [5, 5.41) is 5.05. The quantitative estimate of drug-likeness (QED) is 0.374. The maximum atomic E-state index is 12.5. The largest absolute Gasteiger partial charge is 0.316 e. The lowest BCUT2D eigenvalue weighted by atomic mass is 10.2. The van der Waals surface area contributed by atoms with Gasteiger partial charge in [0.05, 0.1) is 28.9 Å². The number of hydrazone groups is 1. The van der Waals surface area contributed by atoms with Crippen molar-refractivity contribution in [3.05, 3.63) is 81.1 Å². The molecule has 0 unspecified atom stereocenters. The number of benzene rings is 2. The van der Waals surface area contributed by atoms with Crippen molar-refractivity contribution in [3.63, 3.8) is 0 Å². The number of carbonyl (C=O) groups excluding carboxylic acids is 1. The van der Waals surface area contributed by atoms with Crippen molar-refractivity contribution < 1.29 is 13.2 Å². The van der Waals surface area contributed by atoms with Crippen molar-refractivity contribution >= 4 is 51.0 Å². The van der Waals surface area contributed by atoms with Crippen molar-refractivity contribution in [2.45, 2.75) is 20.8 Å². The number of hydrogen-bond donors (Lipinski definition) is 1.